The van der Waals surface area contributed by atoms with Crippen LogP contribution >= 0.6 is 0 Å². The first-order valence-corrected chi connectivity index (χ1v) is 8.92. The molecule has 1 rings (SSSR count). The minimum atomic E-state index is -1.80. The predicted molar refractivity (Wildman–Crippen MR) is 64.4 cm³/mol. The summed E-state index contributed by atoms with van der Waals surface area (Å²) in [4.78, 5) is 23.5. The first-order valence-electron chi connectivity index (χ1n) is 5.47. The number of rotatable bonds is 4. The number of hydrogen-bond donors (Lipinski definition) is 0. The molecule has 1 heterocycles. The van der Waals surface area contributed by atoms with E-state index in [-0.39, 0.29) is 24.5 Å². The number of hydrogen-bond acceptors (Lipinski definition) is 3. The minimum Gasteiger partial charge on any atom is -0.460 e. The molecule has 1 aliphatic rings. The molecule has 0 aliphatic carbocycles. The fourth-order valence-electron chi connectivity index (χ4n) is 1.99. The smallest absolute Gasteiger partial charge is 0.328 e. The molecule has 1 fully saturated rings. The molecule has 0 aromatic rings. The lowest BCUT2D eigenvalue weighted by atomic mass is 10.2. The summed E-state index contributed by atoms with van der Waals surface area (Å²) in [5.41, 5.74) is 0. The average molecular weight is 241 g/mol. The monoisotopic (exact) mass is 241 g/mol. The first-order chi connectivity index (χ1) is 7.38. The van der Waals surface area contributed by atoms with Crippen LogP contribution in [-0.4, -0.2) is 37.3 Å². The topological polar surface area (TPSA) is 46.6 Å². The molecule has 0 N–H and O–H groups in total. The molecule has 1 atom stereocenters. The highest BCUT2D eigenvalue weighted by molar-refractivity contribution is 6.75. The van der Waals surface area contributed by atoms with Crippen molar-refractivity contribution in [3.8, 4) is 0 Å². The van der Waals surface area contributed by atoms with Crippen molar-refractivity contribution < 1.29 is 14.3 Å². The highest BCUT2D eigenvalue weighted by Gasteiger charge is 2.43. The van der Waals surface area contributed by atoms with Crippen LogP contribution in [0, 0.1) is 0 Å². The van der Waals surface area contributed by atoms with Gasteiger partial charge in [0, 0.05) is 6.42 Å². The van der Waals surface area contributed by atoms with Crippen molar-refractivity contribution in [3.05, 3.63) is 12.7 Å². The maximum absolute atomic E-state index is 11.8. The van der Waals surface area contributed by atoms with Gasteiger partial charge in [-0.25, -0.2) is 4.79 Å². The molecular formula is C11H19NO3Si. The quantitative estimate of drug-likeness (QED) is 0.426. The van der Waals surface area contributed by atoms with Crippen LogP contribution in [0.2, 0.25) is 19.6 Å². The molecule has 1 amide bonds. The van der Waals surface area contributed by atoms with E-state index in [9.17, 15) is 9.59 Å². The van der Waals surface area contributed by atoms with Gasteiger partial charge in [-0.3, -0.25) is 4.79 Å². The molecule has 0 radical (unpaired) electrons. The Balaban J connectivity index is 2.76. The van der Waals surface area contributed by atoms with Crippen molar-refractivity contribution in [3.63, 3.8) is 0 Å². The number of nitrogens with zero attached hydrogens (tertiary/aromatic N) is 1. The molecule has 0 saturated carbocycles. The van der Waals surface area contributed by atoms with E-state index in [1.165, 1.54) is 6.08 Å². The summed E-state index contributed by atoms with van der Waals surface area (Å²) in [6.45, 7) is 9.88. The predicted octanol–water partition coefficient (Wildman–Crippen LogP) is 1.54. The molecule has 1 unspecified atom stereocenters. The van der Waals surface area contributed by atoms with Gasteiger partial charge in [-0.1, -0.05) is 32.3 Å². The minimum absolute atomic E-state index is 0.0831. The van der Waals surface area contributed by atoms with Crippen molar-refractivity contribution in [2.45, 2.75) is 38.5 Å². The molecule has 0 aromatic heterocycles. The Labute approximate surface area is 97.4 Å². The van der Waals surface area contributed by atoms with E-state index in [1.54, 1.807) is 4.57 Å². The van der Waals surface area contributed by atoms with E-state index in [2.05, 4.69) is 26.2 Å². The maximum Gasteiger partial charge on any atom is 0.328 e. The Morgan fingerprint density at radius 2 is 2.25 bits per heavy atom. The highest BCUT2D eigenvalue weighted by atomic mass is 28.3. The highest BCUT2D eigenvalue weighted by Crippen LogP contribution is 2.26. The molecular weight excluding hydrogens is 222 g/mol. The van der Waals surface area contributed by atoms with Crippen molar-refractivity contribution in [1.29, 1.82) is 0 Å². The molecule has 1 saturated heterocycles. The van der Waals surface area contributed by atoms with Gasteiger partial charge in [0.25, 0.3) is 0 Å². The normalized spacial score (nSPS) is 21.1. The summed E-state index contributed by atoms with van der Waals surface area (Å²) < 4.78 is 6.78. The third kappa shape index (κ3) is 2.72. The Bertz CT molecular complexity index is 309. The number of amides is 1. The van der Waals surface area contributed by atoms with Crippen molar-refractivity contribution >= 4 is 20.1 Å². The summed E-state index contributed by atoms with van der Waals surface area (Å²) in [6, 6.07) is -0.376. The molecule has 1 aliphatic heterocycles. The summed E-state index contributed by atoms with van der Waals surface area (Å²) in [6.07, 6.45) is 2.57. The molecule has 0 aromatic carbocycles. The van der Waals surface area contributed by atoms with E-state index in [0.29, 0.717) is 12.8 Å². The summed E-state index contributed by atoms with van der Waals surface area (Å²) in [7, 11) is -1.80. The molecule has 5 heteroatoms. The number of carbonyl (C=O) groups is 2. The van der Waals surface area contributed by atoms with Gasteiger partial charge in [0.1, 0.15) is 12.6 Å². The lowest BCUT2D eigenvalue weighted by Gasteiger charge is -2.34. The summed E-state index contributed by atoms with van der Waals surface area (Å²) in [5.74, 6) is -0.215. The molecule has 0 bridgehead atoms. The van der Waals surface area contributed by atoms with Crippen LogP contribution < -0.4 is 0 Å². The van der Waals surface area contributed by atoms with Gasteiger partial charge in [0.05, 0.1) is 0 Å². The second-order valence-corrected chi connectivity index (χ2v) is 9.73. The van der Waals surface area contributed by atoms with E-state index in [0.717, 1.165) is 0 Å². The number of esters is 1. The zero-order valence-corrected chi connectivity index (χ0v) is 11.2. The largest absolute Gasteiger partial charge is 0.460 e. The standard InChI is InChI=1S/C11H19NO3Si/c1-5-8-15-11(14)9-6-7-10(13)12(9)16(2,3)4/h5,9H,1,6-8H2,2-4H3. The Hall–Kier alpha value is -1.10. The molecule has 4 nitrogen and oxygen atoms in total. The average Bonchev–Trinajstić information content (AvgIpc) is 2.56. The second kappa shape index (κ2) is 4.82. The van der Waals surface area contributed by atoms with Gasteiger partial charge in [0.15, 0.2) is 8.24 Å². The fraction of sp³-hybridized carbons (Fsp3) is 0.636. The zero-order chi connectivity index (χ0) is 12.3. The zero-order valence-electron chi connectivity index (χ0n) is 10.2. The molecule has 0 spiro atoms. The van der Waals surface area contributed by atoms with Crippen molar-refractivity contribution in [1.82, 2.24) is 4.57 Å². The van der Waals surface area contributed by atoms with Crippen LogP contribution in [0.25, 0.3) is 0 Å². The molecule has 90 valence electrons. The van der Waals surface area contributed by atoms with Crippen LogP contribution in [0.3, 0.4) is 0 Å². The Morgan fingerprint density at radius 3 is 2.75 bits per heavy atom. The Kier molecular flexibility index (Phi) is 3.91. The summed E-state index contributed by atoms with van der Waals surface area (Å²) in [5, 5.41) is 0. The SMILES string of the molecule is C=CCOC(=O)C1CCC(=O)N1[Si](C)(C)C. The van der Waals surface area contributed by atoms with Crippen LogP contribution in [0.5, 0.6) is 0 Å². The van der Waals surface area contributed by atoms with Crippen LogP contribution in [-0.2, 0) is 14.3 Å². The van der Waals surface area contributed by atoms with Gasteiger partial charge in [-0.05, 0) is 6.42 Å². The van der Waals surface area contributed by atoms with Crippen molar-refractivity contribution in [2.75, 3.05) is 6.61 Å². The first kappa shape index (κ1) is 13.0. The van der Waals surface area contributed by atoms with E-state index >= 15 is 0 Å². The lowest BCUT2D eigenvalue weighted by Crippen LogP contribution is -2.53. The van der Waals surface area contributed by atoms with Gasteiger partial charge in [-0.15, -0.1) is 0 Å². The lowest BCUT2D eigenvalue weighted by molar-refractivity contribution is -0.148. The van der Waals surface area contributed by atoms with E-state index in [4.69, 9.17) is 4.74 Å². The van der Waals surface area contributed by atoms with Crippen LogP contribution in [0.15, 0.2) is 12.7 Å². The van der Waals surface area contributed by atoms with Gasteiger partial charge in [-0.2, -0.15) is 0 Å². The third-order valence-corrected chi connectivity index (χ3v) is 4.56. The van der Waals surface area contributed by atoms with Crippen LogP contribution in [0.1, 0.15) is 12.8 Å². The fourth-order valence-corrected chi connectivity index (χ4v) is 4.02. The van der Waals surface area contributed by atoms with E-state index in [1.807, 2.05) is 0 Å². The van der Waals surface area contributed by atoms with Crippen LogP contribution in [0.4, 0.5) is 0 Å². The maximum atomic E-state index is 11.8. The number of carbonyl (C=O) groups excluding carboxylic acids is 2. The summed E-state index contributed by atoms with van der Waals surface area (Å²) >= 11 is 0. The van der Waals surface area contributed by atoms with Gasteiger partial charge < -0.3 is 9.30 Å². The number of ether oxygens (including phenoxy) is 1. The Morgan fingerprint density at radius 1 is 1.62 bits per heavy atom. The van der Waals surface area contributed by atoms with Gasteiger partial charge >= 0.3 is 5.97 Å². The van der Waals surface area contributed by atoms with Gasteiger partial charge in [0.2, 0.25) is 5.91 Å². The van der Waals surface area contributed by atoms with E-state index < -0.39 is 8.24 Å². The second-order valence-electron chi connectivity index (χ2n) is 4.91. The third-order valence-electron chi connectivity index (χ3n) is 2.55. The molecule has 16 heavy (non-hydrogen) atoms. The van der Waals surface area contributed by atoms with Crippen molar-refractivity contribution in [2.24, 2.45) is 0 Å².